The van der Waals surface area contributed by atoms with Crippen molar-refractivity contribution in [3.05, 3.63) is 30.1 Å². The highest BCUT2D eigenvalue weighted by Crippen LogP contribution is 2.20. The lowest BCUT2D eigenvalue weighted by Crippen LogP contribution is -2.33. The Labute approximate surface area is 116 Å². The molecule has 0 saturated carbocycles. The summed E-state index contributed by atoms with van der Waals surface area (Å²) in [5, 5.41) is 3.12. The summed E-state index contributed by atoms with van der Waals surface area (Å²) in [7, 11) is 0. The topological polar surface area (TPSA) is 63.3 Å². The number of nitrogens with two attached hydrogens (primary N) is 1. The highest BCUT2D eigenvalue weighted by molar-refractivity contribution is 5.77. The number of pyridine rings is 1. The lowest BCUT2D eigenvalue weighted by molar-refractivity contribution is 0.368. The predicted molar refractivity (Wildman–Crippen MR) is 81.1 cm³/mol. The first-order valence-electron chi connectivity index (χ1n) is 6.91. The van der Waals surface area contributed by atoms with E-state index in [2.05, 4.69) is 36.1 Å². The van der Waals surface area contributed by atoms with E-state index in [0.717, 1.165) is 38.0 Å². The van der Waals surface area contributed by atoms with Gasteiger partial charge in [0.15, 0.2) is 5.96 Å². The molecule has 19 heavy (non-hydrogen) atoms. The minimum absolute atomic E-state index is 0.372. The maximum atomic E-state index is 5.81. The largest absolute Gasteiger partial charge is 0.370 e. The van der Waals surface area contributed by atoms with Gasteiger partial charge in [-0.1, -0.05) is 26.8 Å². The lowest BCUT2D eigenvalue weighted by atomic mass is 9.91. The van der Waals surface area contributed by atoms with E-state index in [1.165, 1.54) is 0 Å². The standard InChI is InChI=1S/C15H26N4/c1-15(2,3)9-6-11-18-14(16)19-12-8-13-7-4-5-10-17-13/h4-5,7,10H,6,8-9,11-12H2,1-3H3,(H3,16,18,19). The molecule has 0 atom stereocenters. The Bertz CT molecular complexity index is 379. The van der Waals surface area contributed by atoms with Crippen LogP contribution < -0.4 is 11.1 Å². The molecule has 0 aliphatic heterocycles. The molecule has 0 aliphatic carbocycles. The fraction of sp³-hybridized carbons (Fsp3) is 0.600. The van der Waals surface area contributed by atoms with Crippen LogP contribution in [0.2, 0.25) is 0 Å². The third-order valence-corrected chi connectivity index (χ3v) is 2.78. The van der Waals surface area contributed by atoms with Gasteiger partial charge in [-0.05, 0) is 30.4 Å². The molecule has 4 nitrogen and oxygen atoms in total. The van der Waals surface area contributed by atoms with Crippen LogP contribution >= 0.6 is 0 Å². The van der Waals surface area contributed by atoms with Crippen LogP contribution in [0.1, 0.15) is 39.3 Å². The second kappa shape index (κ2) is 7.77. The quantitative estimate of drug-likeness (QED) is 0.470. The van der Waals surface area contributed by atoms with Crippen LogP contribution in [0.25, 0.3) is 0 Å². The van der Waals surface area contributed by atoms with Crippen molar-refractivity contribution < 1.29 is 0 Å². The monoisotopic (exact) mass is 262 g/mol. The molecule has 106 valence electrons. The first-order valence-corrected chi connectivity index (χ1v) is 6.91. The van der Waals surface area contributed by atoms with Gasteiger partial charge in [0.25, 0.3) is 0 Å². The van der Waals surface area contributed by atoms with Crippen LogP contribution in [0.3, 0.4) is 0 Å². The average Bonchev–Trinajstić information content (AvgIpc) is 2.35. The minimum Gasteiger partial charge on any atom is -0.370 e. The molecule has 0 amide bonds. The van der Waals surface area contributed by atoms with E-state index in [4.69, 9.17) is 5.73 Å². The van der Waals surface area contributed by atoms with Crippen molar-refractivity contribution in [3.8, 4) is 0 Å². The molecule has 4 heteroatoms. The van der Waals surface area contributed by atoms with Crippen LogP contribution in [0, 0.1) is 5.41 Å². The molecule has 0 unspecified atom stereocenters. The number of rotatable bonds is 6. The van der Waals surface area contributed by atoms with E-state index in [1.807, 2.05) is 18.2 Å². The SMILES string of the molecule is CC(C)(C)CCCN=C(N)NCCc1ccccn1. The molecule has 0 spiro atoms. The summed E-state index contributed by atoms with van der Waals surface area (Å²) >= 11 is 0. The summed E-state index contributed by atoms with van der Waals surface area (Å²) in [5.74, 6) is 0.532. The van der Waals surface area contributed by atoms with Crippen molar-refractivity contribution in [3.63, 3.8) is 0 Å². The molecule has 1 heterocycles. The van der Waals surface area contributed by atoms with Gasteiger partial charge in [0.1, 0.15) is 0 Å². The lowest BCUT2D eigenvalue weighted by Gasteiger charge is -2.16. The van der Waals surface area contributed by atoms with Crippen LogP contribution in [0.5, 0.6) is 0 Å². The van der Waals surface area contributed by atoms with Crippen molar-refractivity contribution >= 4 is 5.96 Å². The second-order valence-corrected chi connectivity index (χ2v) is 5.93. The summed E-state index contributed by atoms with van der Waals surface area (Å²) < 4.78 is 0. The molecule has 0 fully saturated rings. The first-order chi connectivity index (χ1) is 8.97. The Balaban J connectivity index is 2.15. The van der Waals surface area contributed by atoms with E-state index in [9.17, 15) is 0 Å². The number of aromatic nitrogens is 1. The maximum Gasteiger partial charge on any atom is 0.188 e. The van der Waals surface area contributed by atoms with E-state index >= 15 is 0 Å². The maximum absolute atomic E-state index is 5.81. The highest BCUT2D eigenvalue weighted by Gasteiger charge is 2.08. The molecular weight excluding hydrogens is 236 g/mol. The van der Waals surface area contributed by atoms with Crippen LogP contribution in [0.4, 0.5) is 0 Å². The van der Waals surface area contributed by atoms with Crippen LogP contribution in [-0.4, -0.2) is 24.0 Å². The molecule has 1 aromatic heterocycles. The van der Waals surface area contributed by atoms with Crippen molar-refractivity contribution in [1.82, 2.24) is 10.3 Å². The molecule has 1 rings (SSSR count). The zero-order chi connectivity index (χ0) is 14.1. The average molecular weight is 262 g/mol. The zero-order valence-corrected chi connectivity index (χ0v) is 12.3. The van der Waals surface area contributed by atoms with Crippen molar-refractivity contribution in [1.29, 1.82) is 0 Å². The van der Waals surface area contributed by atoms with E-state index in [1.54, 1.807) is 6.20 Å². The number of aliphatic imine (C=N–C) groups is 1. The molecule has 0 saturated heterocycles. The summed E-state index contributed by atoms with van der Waals surface area (Å²) in [6.07, 6.45) is 4.90. The van der Waals surface area contributed by atoms with Crippen molar-refractivity contribution in [2.75, 3.05) is 13.1 Å². The number of nitrogens with one attached hydrogen (secondary N) is 1. The summed E-state index contributed by atoms with van der Waals surface area (Å²) in [5.41, 5.74) is 7.24. The van der Waals surface area contributed by atoms with Gasteiger partial charge in [0.05, 0.1) is 0 Å². The smallest absolute Gasteiger partial charge is 0.188 e. The Morgan fingerprint density at radius 2 is 2.16 bits per heavy atom. The molecule has 0 aromatic carbocycles. The van der Waals surface area contributed by atoms with Crippen LogP contribution in [-0.2, 0) is 6.42 Å². The van der Waals surface area contributed by atoms with Gasteiger partial charge in [0, 0.05) is 31.4 Å². The molecule has 0 radical (unpaired) electrons. The summed E-state index contributed by atoms with van der Waals surface area (Å²) in [6.45, 7) is 8.28. The summed E-state index contributed by atoms with van der Waals surface area (Å²) in [4.78, 5) is 8.58. The van der Waals surface area contributed by atoms with Gasteiger partial charge in [-0.3, -0.25) is 9.98 Å². The second-order valence-electron chi connectivity index (χ2n) is 5.93. The molecule has 0 bridgehead atoms. The van der Waals surface area contributed by atoms with Gasteiger partial charge in [0.2, 0.25) is 0 Å². The predicted octanol–water partition coefficient (Wildman–Crippen LogP) is 2.35. The fourth-order valence-corrected chi connectivity index (χ4v) is 1.73. The Morgan fingerprint density at radius 1 is 1.37 bits per heavy atom. The normalized spacial score (nSPS) is 12.5. The molecular formula is C15H26N4. The molecule has 3 N–H and O–H groups in total. The zero-order valence-electron chi connectivity index (χ0n) is 12.3. The van der Waals surface area contributed by atoms with Gasteiger partial charge in [-0.15, -0.1) is 0 Å². The van der Waals surface area contributed by atoms with E-state index < -0.39 is 0 Å². The minimum atomic E-state index is 0.372. The Kier molecular flexibility index (Phi) is 6.33. The third-order valence-electron chi connectivity index (χ3n) is 2.78. The number of hydrogen-bond acceptors (Lipinski definition) is 2. The Hall–Kier alpha value is -1.58. The van der Waals surface area contributed by atoms with E-state index in [-0.39, 0.29) is 0 Å². The third kappa shape index (κ3) is 8.19. The highest BCUT2D eigenvalue weighted by atomic mass is 15.1. The van der Waals surface area contributed by atoms with Crippen molar-refractivity contribution in [2.24, 2.45) is 16.1 Å². The number of nitrogens with zero attached hydrogens (tertiary/aromatic N) is 2. The summed E-state index contributed by atoms with van der Waals surface area (Å²) in [6, 6.07) is 5.92. The van der Waals surface area contributed by atoms with Gasteiger partial charge >= 0.3 is 0 Å². The first kappa shape index (κ1) is 15.5. The van der Waals surface area contributed by atoms with Gasteiger partial charge < -0.3 is 11.1 Å². The molecule has 1 aromatic rings. The fourth-order valence-electron chi connectivity index (χ4n) is 1.73. The number of guanidine groups is 1. The van der Waals surface area contributed by atoms with E-state index in [0.29, 0.717) is 11.4 Å². The van der Waals surface area contributed by atoms with Crippen LogP contribution in [0.15, 0.2) is 29.4 Å². The molecule has 0 aliphatic rings. The number of hydrogen-bond donors (Lipinski definition) is 2. The van der Waals surface area contributed by atoms with Gasteiger partial charge in [-0.2, -0.15) is 0 Å². The Morgan fingerprint density at radius 3 is 2.79 bits per heavy atom. The van der Waals surface area contributed by atoms with Gasteiger partial charge in [-0.25, -0.2) is 0 Å². The van der Waals surface area contributed by atoms with Crippen molar-refractivity contribution in [2.45, 2.75) is 40.0 Å².